The summed E-state index contributed by atoms with van der Waals surface area (Å²) in [5.41, 5.74) is 0.858. The molecule has 2 rings (SSSR count). The number of rotatable bonds is 8. The molecule has 0 aromatic heterocycles. The van der Waals surface area contributed by atoms with Gasteiger partial charge in [0.2, 0.25) is 0 Å². The fourth-order valence-electron chi connectivity index (χ4n) is 2.52. The van der Waals surface area contributed by atoms with E-state index in [1.165, 1.54) is 0 Å². The first kappa shape index (κ1) is 20.9. The molecule has 0 atom stereocenters. The molecule has 0 spiro atoms. The van der Waals surface area contributed by atoms with E-state index in [4.69, 9.17) is 4.18 Å². The van der Waals surface area contributed by atoms with E-state index < -0.39 is 10.1 Å². The first-order chi connectivity index (χ1) is 10.6. The van der Waals surface area contributed by atoms with E-state index in [9.17, 15) is 8.42 Å². The Morgan fingerprint density at radius 2 is 1.65 bits per heavy atom. The number of hydrogen-bond acceptors (Lipinski definition) is 3. The average molecular weight is 363 g/mol. The van der Waals surface area contributed by atoms with Gasteiger partial charge >= 0.3 is 37.7 Å². The summed E-state index contributed by atoms with van der Waals surface area (Å²) in [5.74, 6) is 0. The van der Waals surface area contributed by atoms with E-state index in [0.29, 0.717) is 4.90 Å². The number of benzene rings is 2. The average Bonchev–Trinajstić information content (AvgIpc) is 2.52. The van der Waals surface area contributed by atoms with Crippen LogP contribution in [0.5, 0.6) is 0 Å². The second-order valence-electron chi connectivity index (χ2n) is 5.51. The molecule has 0 aliphatic rings. The molecular weight excluding hydrogens is 336 g/mol. The fraction of sp³-hybridized carbons (Fsp3) is 0.444. The van der Waals surface area contributed by atoms with Crippen molar-refractivity contribution in [3.63, 3.8) is 0 Å². The molecule has 0 bridgehead atoms. The number of fused-ring (bicyclic) bond motifs is 1. The Labute approximate surface area is 169 Å². The summed E-state index contributed by atoms with van der Waals surface area (Å²) < 4.78 is 30.6. The molecule has 0 radical (unpaired) electrons. The van der Waals surface area contributed by atoms with Crippen LogP contribution in [0.3, 0.4) is 0 Å². The van der Waals surface area contributed by atoms with Crippen LogP contribution in [0, 0.1) is 0 Å². The van der Waals surface area contributed by atoms with E-state index >= 15 is 0 Å². The Hall–Kier alpha value is -0.130. The molecule has 2 aromatic carbocycles. The van der Waals surface area contributed by atoms with Gasteiger partial charge in [-0.3, -0.25) is 4.18 Å². The van der Waals surface area contributed by atoms with Crippen LogP contribution in [0.4, 0.5) is 0 Å². The van der Waals surface area contributed by atoms with Crippen molar-refractivity contribution in [2.75, 3.05) is 6.61 Å². The van der Waals surface area contributed by atoms with Gasteiger partial charge < -0.3 is 0 Å². The van der Waals surface area contributed by atoms with Crippen molar-refractivity contribution >= 4 is 58.6 Å². The maximum atomic E-state index is 12.7. The van der Waals surface area contributed by atoms with Crippen molar-refractivity contribution in [3.05, 3.63) is 42.0 Å². The zero-order valence-corrected chi connectivity index (χ0v) is 14.2. The van der Waals surface area contributed by atoms with Crippen LogP contribution in [-0.2, 0) is 20.7 Å². The summed E-state index contributed by atoms with van der Waals surface area (Å²) in [6.07, 6.45) is 4.41. The van der Waals surface area contributed by atoms with Gasteiger partial charge in [-0.15, -0.1) is 0 Å². The number of unbranched alkanes of at least 4 members (excludes halogenated alkanes) is 2. The summed E-state index contributed by atoms with van der Waals surface area (Å²) in [7, 11) is -3.72. The van der Waals surface area contributed by atoms with Gasteiger partial charge in [-0.25, -0.2) is 0 Å². The Kier molecular flexibility index (Phi) is 9.09. The molecule has 124 valence electrons. The molecule has 3 nitrogen and oxygen atoms in total. The SMILES string of the molecule is CCCCOS(=O)(=O)c1c(CCCC)ccc2ccccc12.[CaH2]. The van der Waals surface area contributed by atoms with Crippen LogP contribution in [0.25, 0.3) is 10.8 Å². The summed E-state index contributed by atoms with van der Waals surface area (Å²) in [6.45, 7) is 4.36. The third kappa shape index (κ3) is 5.43. The standard InChI is InChI=1S/C18H24O3S.Ca.2H/c1-3-5-9-16-13-12-15-10-7-8-11-17(15)18(16)22(19,20)21-14-6-4-2;;;/h7-8,10-13H,3-6,9,14H2,1-2H3;;;. The molecule has 0 saturated carbocycles. The molecule has 0 aliphatic heterocycles. The van der Waals surface area contributed by atoms with Gasteiger partial charge in [0.25, 0.3) is 10.1 Å². The van der Waals surface area contributed by atoms with Crippen molar-refractivity contribution in [2.45, 2.75) is 50.8 Å². The topological polar surface area (TPSA) is 43.4 Å². The summed E-state index contributed by atoms with van der Waals surface area (Å²) >= 11 is 0. The van der Waals surface area contributed by atoms with Gasteiger partial charge in [-0.05, 0) is 30.2 Å². The first-order valence-electron chi connectivity index (χ1n) is 8.00. The molecule has 0 unspecified atom stereocenters. The Balaban J connectivity index is 0.00000264. The monoisotopic (exact) mass is 362 g/mol. The van der Waals surface area contributed by atoms with Crippen LogP contribution in [0.1, 0.15) is 45.1 Å². The molecule has 0 N–H and O–H groups in total. The fourth-order valence-corrected chi connectivity index (χ4v) is 3.92. The normalized spacial score (nSPS) is 11.4. The van der Waals surface area contributed by atoms with E-state index in [2.05, 4.69) is 6.92 Å². The maximum absolute atomic E-state index is 12.7. The van der Waals surface area contributed by atoms with Crippen LogP contribution in [0.2, 0.25) is 0 Å². The number of hydrogen-bond donors (Lipinski definition) is 0. The molecule has 0 amide bonds. The molecule has 0 saturated heterocycles. The third-order valence-electron chi connectivity index (χ3n) is 3.75. The summed E-state index contributed by atoms with van der Waals surface area (Å²) in [5, 5.41) is 1.69. The van der Waals surface area contributed by atoms with E-state index in [1.807, 2.05) is 43.3 Å². The van der Waals surface area contributed by atoms with Gasteiger partial charge in [0, 0.05) is 5.39 Å². The van der Waals surface area contributed by atoms with Crippen LogP contribution < -0.4 is 0 Å². The van der Waals surface area contributed by atoms with E-state index in [-0.39, 0.29) is 44.3 Å². The zero-order chi connectivity index (χ0) is 16.0. The Bertz CT molecular complexity index is 726. The Morgan fingerprint density at radius 3 is 2.35 bits per heavy atom. The molecule has 0 aliphatic carbocycles. The second kappa shape index (κ2) is 10.00. The molecule has 5 heteroatoms. The van der Waals surface area contributed by atoms with Crippen LogP contribution >= 0.6 is 0 Å². The van der Waals surface area contributed by atoms with Gasteiger partial charge in [-0.1, -0.05) is 63.1 Å². The first-order valence-corrected chi connectivity index (χ1v) is 9.41. The molecule has 23 heavy (non-hydrogen) atoms. The number of aryl methyl sites for hydroxylation is 1. The van der Waals surface area contributed by atoms with Crippen molar-refractivity contribution in [3.8, 4) is 0 Å². The van der Waals surface area contributed by atoms with Crippen molar-refractivity contribution in [2.24, 2.45) is 0 Å². The molecule has 2 aromatic rings. The van der Waals surface area contributed by atoms with Crippen molar-refractivity contribution in [1.82, 2.24) is 0 Å². The van der Waals surface area contributed by atoms with Crippen LogP contribution in [-0.4, -0.2) is 52.8 Å². The predicted molar refractivity (Wildman–Crippen MR) is 99.1 cm³/mol. The van der Waals surface area contributed by atoms with Crippen molar-refractivity contribution in [1.29, 1.82) is 0 Å². The molecule has 0 heterocycles. The van der Waals surface area contributed by atoms with Crippen molar-refractivity contribution < 1.29 is 12.6 Å². The third-order valence-corrected chi connectivity index (χ3v) is 5.21. The minimum atomic E-state index is -3.72. The van der Waals surface area contributed by atoms with Gasteiger partial charge in [0.05, 0.1) is 6.61 Å². The van der Waals surface area contributed by atoms with Gasteiger partial charge in [0.1, 0.15) is 4.90 Å². The van der Waals surface area contributed by atoms with Gasteiger partial charge in [0.15, 0.2) is 0 Å². The summed E-state index contributed by atoms with van der Waals surface area (Å²) in [4.78, 5) is 0.357. The predicted octanol–water partition coefficient (Wildman–Crippen LogP) is 3.77. The Morgan fingerprint density at radius 1 is 0.957 bits per heavy atom. The zero-order valence-electron chi connectivity index (χ0n) is 13.3. The molecular formula is C18H26CaO3S. The summed E-state index contributed by atoms with van der Waals surface area (Å²) in [6, 6.07) is 11.5. The second-order valence-corrected chi connectivity index (χ2v) is 7.06. The van der Waals surface area contributed by atoms with E-state index in [0.717, 1.165) is 48.4 Å². The van der Waals surface area contributed by atoms with Gasteiger partial charge in [-0.2, -0.15) is 8.42 Å². The minimum absolute atomic E-state index is 0. The molecule has 0 fully saturated rings. The van der Waals surface area contributed by atoms with Crippen LogP contribution in [0.15, 0.2) is 41.3 Å². The quantitative estimate of drug-likeness (QED) is 0.408. The van der Waals surface area contributed by atoms with E-state index in [1.54, 1.807) is 0 Å².